The van der Waals surface area contributed by atoms with E-state index < -0.39 is 10.8 Å². The highest BCUT2D eigenvalue weighted by Gasteiger charge is 2.23. The Morgan fingerprint density at radius 3 is 2.35 bits per heavy atom. The van der Waals surface area contributed by atoms with E-state index in [1.54, 1.807) is 0 Å². The predicted molar refractivity (Wildman–Crippen MR) is 75.7 cm³/mol. The van der Waals surface area contributed by atoms with Gasteiger partial charge in [0.15, 0.2) is 0 Å². The monoisotopic (exact) mass is 253 g/mol. The summed E-state index contributed by atoms with van der Waals surface area (Å²) < 4.78 is 12.0. The summed E-state index contributed by atoms with van der Waals surface area (Å²) in [6.07, 6.45) is 0. The van der Waals surface area contributed by atoms with Crippen molar-refractivity contribution in [1.29, 1.82) is 0 Å². The van der Waals surface area contributed by atoms with E-state index in [4.69, 9.17) is 0 Å². The zero-order valence-electron chi connectivity index (χ0n) is 11.4. The van der Waals surface area contributed by atoms with E-state index >= 15 is 0 Å². The fraction of sp³-hybridized carbons (Fsp3) is 0.571. The Morgan fingerprint density at radius 2 is 1.88 bits per heavy atom. The maximum atomic E-state index is 12.2. The summed E-state index contributed by atoms with van der Waals surface area (Å²) in [5.74, 6) is 0.658. The summed E-state index contributed by atoms with van der Waals surface area (Å²) in [4.78, 5) is 0. The van der Waals surface area contributed by atoms with Crippen LogP contribution in [0.1, 0.15) is 37.9 Å². The molecular formula is C14H23NOS. The fourth-order valence-corrected chi connectivity index (χ4v) is 2.86. The van der Waals surface area contributed by atoms with Crippen LogP contribution in [0.2, 0.25) is 0 Å². The minimum absolute atomic E-state index is 0.155. The maximum Gasteiger partial charge on any atom is 0.0437 e. The minimum Gasteiger partial charge on any atom is -0.312 e. The van der Waals surface area contributed by atoms with Gasteiger partial charge in [0.25, 0.3) is 0 Å². The molecule has 0 bridgehead atoms. The van der Waals surface area contributed by atoms with Gasteiger partial charge >= 0.3 is 0 Å². The topological polar surface area (TPSA) is 29.1 Å². The highest BCUT2D eigenvalue weighted by molar-refractivity contribution is 7.86. The average Bonchev–Trinajstić information content (AvgIpc) is 2.25. The van der Waals surface area contributed by atoms with Crippen molar-refractivity contribution >= 4 is 10.8 Å². The molecule has 1 aromatic carbocycles. The van der Waals surface area contributed by atoms with Gasteiger partial charge in [0, 0.05) is 27.3 Å². The highest BCUT2D eigenvalue weighted by Crippen LogP contribution is 2.21. The molecule has 0 aliphatic rings. The molecule has 3 heteroatoms. The molecule has 0 fully saturated rings. The molecule has 0 amide bonds. The summed E-state index contributed by atoms with van der Waals surface area (Å²) in [5, 5.41) is 3.27. The molecule has 2 nitrogen and oxygen atoms in total. The van der Waals surface area contributed by atoms with Gasteiger partial charge in [0.2, 0.25) is 0 Å². The number of hydrogen-bond donors (Lipinski definition) is 1. The molecule has 96 valence electrons. The first-order valence-corrected chi connectivity index (χ1v) is 7.29. The number of benzene rings is 1. The summed E-state index contributed by atoms with van der Waals surface area (Å²) in [5.41, 5.74) is 2.49. The maximum absolute atomic E-state index is 12.2. The molecule has 0 saturated heterocycles. The van der Waals surface area contributed by atoms with Crippen LogP contribution in [0.5, 0.6) is 0 Å². The van der Waals surface area contributed by atoms with Crippen molar-refractivity contribution in [3.05, 3.63) is 35.4 Å². The second-order valence-corrected chi connectivity index (χ2v) is 7.57. The van der Waals surface area contributed by atoms with Crippen LogP contribution in [0, 0.1) is 6.92 Å². The van der Waals surface area contributed by atoms with Crippen LogP contribution in [0.3, 0.4) is 0 Å². The van der Waals surface area contributed by atoms with E-state index in [2.05, 4.69) is 24.4 Å². The van der Waals surface area contributed by atoms with Gasteiger partial charge in [-0.05, 0) is 45.9 Å². The highest BCUT2D eigenvalue weighted by atomic mass is 32.2. The second-order valence-electron chi connectivity index (χ2n) is 5.32. The molecule has 0 heterocycles. The number of nitrogens with one attached hydrogen (secondary N) is 1. The second kappa shape index (κ2) is 5.78. The summed E-state index contributed by atoms with van der Waals surface area (Å²) in [6, 6.07) is 8.44. The third-order valence-electron chi connectivity index (χ3n) is 2.91. The average molecular weight is 253 g/mol. The van der Waals surface area contributed by atoms with Gasteiger partial charge in [-0.3, -0.25) is 4.21 Å². The molecule has 2 unspecified atom stereocenters. The van der Waals surface area contributed by atoms with Gasteiger partial charge in [0.1, 0.15) is 0 Å². The summed E-state index contributed by atoms with van der Waals surface area (Å²) in [6.45, 7) is 8.16. The smallest absolute Gasteiger partial charge is 0.0437 e. The van der Waals surface area contributed by atoms with Gasteiger partial charge < -0.3 is 5.32 Å². The fourth-order valence-electron chi connectivity index (χ4n) is 1.71. The lowest BCUT2D eigenvalue weighted by Gasteiger charge is -2.24. The molecule has 0 spiro atoms. The van der Waals surface area contributed by atoms with Gasteiger partial charge in [-0.15, -0.1) is 0 Å². The molecule has 0 saturated carbocycles. The molecule has 2 atom stereocenters. The molecular weight excluding hydrogens is 230 g/mol. The van der Waals surface area contributed by atoms with Crippen LogP contribution in [-0.2, 0) is 10.8 Å². The lowest BCUT2D eigenvalue weighted by Crippen LogP contribution is -2.31. The van der Waals surface area contributed by atoms with Crippen molar-refractivity contribution < 1.29 is 4.21 Å². The van der Waals surface area contributed by atoms with E-state index in [1.807, 2.05) is 40.0 Å². The van der Waals surface area contributed by atoms with Crippen LogP contribution in [-0.4, -0.2) is 21.8 Å². The molecule has 0 aromatic heterocycles. The Balaban J connectivity index is 2.87. The molecule has 1 N–H and O–H groups in total. The molecule has 0 radical (unpaired) electrons. The van der Waals surface area contributed by atoms with Gasteiger partial charge in [-0.2, -0.15) is 0 Å². The van der Waals surface area contributed by atoms with Crippen LogP contribution >= 0.6 is 0 Å². The molecule has 0 aliphatic carbocycles. The first-order valence-electron chi connectivity index (χ1n) is 5.97. The first-order chi connectivity index (χ1) is 7.86. The van der Waals surface area contributed by atoms with Crippen molar-refractivity contribution in [2.24, 2.45) is 0 Å². The number of rotatable bonds is 4. The van der Waals surface area contributed by atoms with Gasteiger partial charge in [-0.25, -0.2) is 0 Å². The summed E-state index contributed by atoms with van der Waals surface area (Å²) in [7, 11) is 1.09. The Labute approximate surface area is 107 Å². The van der Waals surface area contributed by atoms with Crippen molar-refractivity contribution in [1.82, 2.24) is 5.32 Å². The number of aryl methyl sites for hydroxylation is 1. The van der Waals surface area contributed by atoms with E-state index in [9.17, 15) is 4.21 Å². The molecule has 0 aliphatic heterocycles. The predicted octanol–water partition coefficient (Wildman–Crippen LogP) is 2.80. The standard InChI is InChI=1S/C14H23NOS/c1-11-8-6-7-9-12(11)13(15-5)10-17(16)14(2,3)4/h6-9,13,15H,10H2,1-5H3. The van der Waals surface area contributed by atoms with Crippen molar-refractivity contribution in [2.45, 2.75) is 38.5 Å². The van der Waals surface area contributed by atoms with E-state index in [1.165, 1.54) is 11.1 Å². The van der Waals surface area contributed by atoms with E-state index in [-0.39, 0.29) is 10.8 Å². The zero-order chi connectivity index (χ0) is 13.1. The van der Waals surface area contributed by atoms with Crippen LogP contribution in [0.25, 0.3) is 0 Å². The SMILES string of the molecule is CNC(CS(=O)C(C)(C)C)c1ccccc1C. The first kappa shape index (κ1) is 14.4. The Morgan fingerprint density at radius 1 is 1.29 bits per heavy atom. The third-order valence-corrected chi connectivity index (χ3v) is 4.92. The molecule has 17 heavy (non-hydrogen) atoms. The third kappa shape index (κ3) is 3.93. The largest absolute Gasteiger partial charge is 0.312 e. The summed E-state index contributed by atoms with van der Waals surface area (Å²) >= 11 is 0. The van der Waals surface area contributed by atoms with E-state index in [0.29, 0.717) is 5.75 Å². The molecule has 1 rings (SSSR count). The molecule has 1 aromatic rings. The Bertz CT molecular complexity index is 395. The van der Waals surface area contributed by atoms with Crippen molar-refractivity contribution in [3.8, 4) is 0 Å². The lowest BCUT2D eigenvalue weighted by molar-refractivity contribution is 0.612. The number of hydrogen-bond acceptors (Lipinski definition) is 2. The van der Waals surface area contributed by atoms with Crippen LogP contribution < -0.4 is 5.32 Å². The normalized spacial score (nSPS) is 15.6. The van der Waals surface area contributed by atoms with Crippen molar-refractivity contribution in [3.63, 3.8) is 0 Å². The van der Waals surface area contributed by atoms with Gasteiger partial charge in [0.05, 0.1) is 0 Å². The Kier molecular flexibility index (Phi) is 4.90. The quantitative estimate of drug-likeness (QED) is 0.894. The zero-order valence-corrected chi connectivity index (χ0v) is 12.2. The van der Waals surface area contributed by atoms with Crippen molar-refractivity contribution in [2.75, 3.05) is 12.8 Å². The van der Waals surface area contributed by atoms with Crippen LogP contribution in [0.4, 0.5) is 0 Å². The lowest BCUT2D eigenvalue weighted by atomic mass is 10.0. The Hall–Kier alpha value is -0.670. The minimum atomic E-state index is -0.839. The van der Waals surface area contributed by atoms with E-state index in [0.717, 1.165) is 0 Å². The van der Waals surface area contributed by atoms with Crippen LogP contribution in [0.15, 0.2) is 24.3 Å². The van der Waals surface area contributed by atoms with Gasteiger partial charge in [-0.1, -0.05) is 24.3 Å².